The number of nitrogens with zero attached hydrogens (tertiary/aromatic N) is 2. The van der Waals surface area contributed by atoms with Crippen LogP contribution in [-0.2, 0) is 9.53 Å². The molecule has 27 heavy (non-hydrogen) atoms. The molecule has 1 heterocycles. The zero-order chi connectivity index (χ0) is 19.1. The molecule has 6 nitrogen and oxygen atoms in total. The summed E-state index contributed by atoms with van der Waals surface area (Å²) in [5.74, 6) is -0.177. The minimum absolute atomic E-state index is 0. The van der Waals surface area contributed by atoms with E-state index >= 15 is 0 Å². The maximum absolute atomic E-state index is 12.9. The van der Waals surface area contributed by atoms with Gasteiger partial charge in [-0.1, -0.05) is 19.9 Å². The molecule has 1 amide bonds. The van der Waals surface area contributed by atoms with Gasteiger partial charge in [-0.3, -0.25) is 4.79 Å². The summed E-state index contributed by atoms with van der Waals surface area (Å²) in [4.78, 5) is 12.9. The highest BCUT2D eigenvalue weighted by molar-refractivity contribution is 6.00. The molecule has 1 aromatic heterocycles. The smallest absolute Gasteiger partial charge is 0.245 e. The predicted molar refractivity (Wildman–Crippen MR) is 110 cm³/mol. The fourth-order valence-electron chi connectivity index (χ4n) is 3.67. The van der Waals surface area contributed by atoms with Gasteiger partial charge in [0.25, 0.3) is 0 Å². The van der Waals surface area contributed by atoms with E-state index in [2.05, 4.69) is 10.4 Å². The SMILES string of the molecule is CCOC1CC(N)(C(=O)Nc2cccc(-n3nc(C)cc3C)c2)C1(C)C.Cl. The van der Waals surface area contributed by atoms with E-state index in [0.717, 1.165) is 17.1 Å². The van der Waals surface area contributed by atoms with Crippen LogP contribution in [0.5, 0.6) is 0 Å². The largest absolute Gasteiger partial charge is 0.378 e. The molecular weight excluding hydrogens is 364 g/mol. The van der Waals surface area contributed by atoms with E-state index in [4.69, 9.17) is 10.5 Å². The highest BCUT2D eigenvalue weighted by Crippen LogP contribution is 2.50. The number of hydrogen-bond donors (Lipinski definition) is 2. The topological polar surface area (TPSA) is 82.2 Å². The number of halogens is 1. The number of carbonyl (C=O) groups excluding carboxylic acids is 1. The highest BCUT2D eigenvalue weighted by Gasteiger charge is 2.62. The van der Waals surface area contributed by atoms with Crippen LogP contribution in [0.3, 0.4) is 0 Å². The summed E-state index contributed by atoms with van der Waals surface area (Å²) in [5, 5.41) is 7.47. The number of carbonyl (C=O) groups is 1. The number of hydrogen-bond acceptors (Lipinski definition) is 4. The van der Waals surface area contributed by atoms with Crippen molar-refractivity contribution in [3.63, 3.8) is 0 Å². The molecule has 3 N–H and O–H groups in total. The van der Waals surface area contributed by atoms with Gasteiger partial charge in [0.2, 0.25) is 5.91 Å². The van der Waals surface area contributed by atoms with Crippen molar-refractivity contribution in [1.82, 2.24) is 9.78 Å². The number of benzene rings is 1. The number of nitrogens with one attached hydrogen (secondary N) is 1. The Morgan fingerprint density at radius 3 is 2.63 bits per heavy atom. The summed E-state index contributed by atoms with van der Waals surface area (Å²) in [6.45, 7) is 10.5. The summed E-state index contributed by atoms with van der Waals surface area (Å²) >= 11 is 0. The first kappa shape index (κ1) is 21.4. The Morgan fingerprint density at radius 2 is 2.07 bits per heavy atom. The molecule has 1 aliphatic rings. The molecular formula is C20H29ClN4O2. The Kier molecular flexibility index (Phi) is 6.04. The van der Waals surface area contributed by atoms with Crippen molar-refractivity contribution in [2.45, 2.75) is 52.7 Å². The zero-order valence-electron chi connectivity index (χ0n) is 16.6. The normalized spacial score (nSPS) is 23.3. The third-order valence-electron chi connectivity index (χ3n) is 5.59. The Labute approximate surface area is 166 Å². The summed E-state index contributed by atoms with van der Waals surface area (Å²) in [6.07, 6.45) is 0.529. The highest BCUT2D eigenvalue weighted by atomic mass is 35.5. The van der Waals surface area contributed by atoms with Crippen LogP contribution < -0.4 is 11.1 Å². The van der Waals surface area contributed by atoms with Gasteiger partial charge < -0.3 is 15.8 Å². The number of ether oxygens (including phenoxy) is 1. The van der Waals surface area contributed by atoms with Crippen LogP contribution in [0.2, 0.25) is 0 Å². The van der Waals surface area contributed by atoms with Crippen molar-refractivity contribution >= 4 is 24.0 Å². The third kappa shape index (κ3) is 3.61. The molecule has 148 valence electrons. The third-order valence-corrected chi connectivity index (χ3v) is 5.59. The molecule has 1 aliphatic carbocycles. The molecule has 7 heteroatoms. The van der Waals surface area contributed by atoms with Gasteiger partial charge in [0, 0.05) is 29.8 Å². The van der Waals surface area contributed by atoms with Crippen molar-refractivity contribution < 1.29 is 9.53 Å². The van der Waals surface area contributed by atoms with E-state index in [1.54, 1.807) is 0 Å². The maximum Gasteiger partial charge on any atom is 0.245 e. The molecule has 0 radical (unpaired) electrons. The molecule has 0 bridgehead atoms. The van der Waals surface area contributed by atoms with E-state index in [0.29, 0.717) is 18.7 Å². The summed E-state index contributed by atoms with van der Waals surface area (Å²) in [5.41, 5.74) is 8.71. The first-order valence-electron chi connectivity index (χ1n) is 9.04. The molecule has 1 saturated carbocycles. The average Bonchev–Trinajstić information content (AvgIpc) is 2.93. The maximum atomic E-state index is 12.9. The predicted octanol–water partition coefficient (Wildman–Crippen LogP) is 3.38. The van der Waals surface area contributed by atoms with Gasteiger partial charge >= 0.3 is 0 Å². The van der Waals surface area contributed by atoms with Crippen molar-refractivity contribution in [2.75, 3.05) is 11.9 Å². The lowest BCUT2D eigenvalue weighted by Crippen LogP contribution is -2.74. The molecule has 2 aromatic rings. The molecule has 2 unspecified atom stereocenters. The quantitative estimate of drug-likeness (QED) is 0.817. The number of aromatic nitrogens is 2. The van der Waals surface area contributed by atoms with Crippen LogP contribution in [0, 0.1) is 19.3 Å². The molecule has 0 spiro atoms. The zero-order valence-corrected chi connectivity index (χ0v) is 17.4. The average molecular weight is 393 g/mol. The van der Waals surface area contributed by atoms with E-state index in [1.807, 2.05) is 69.6 Å². The van der Waals surface area contributed by atoms with Crippen molar-refractivity contribution in [2.24, 2.45) is 11.1 Å². The van der Waals surface area contributed by atoms with Crippen molar-refractivity contribution in [1.29, 1.82) is 0 Å². The Bertz CT molecular complexity index is 833. The van der Waals surface area contributed by atoms with Crippen LogP contribution in [0.25, 0.3) is 5.69 Å². The van der Waals surface area contributed by atoms with Crippen LogP contribution in [0.1, 0.15) is 38.6 Å². The number of aryl methyl sites for hydroxylation is 2. The molecule has 3 rings (SSSR count). The van der Waals surface area contributed by atoms with Gasteiger partial charge in [0.15, 0.2) is 0 Å². The number of rotatable bonds is 5. The van der Waals surface area contributed by atoms with E-state index in [1.165, 1.54) is 0 Å². The lowest BCUT2D eigenvalue weighted by molar-refractivity contribution is -0.166. The Hall–Kier alpha value is -1.89. The number of anilines is 1. The van der Waals surface area contributed by atoms with Crippen LogP contribution in [0.15, 0.2) is 30.3 Å². The second-order valence-corrected chi connectivity index (χ2v) is 7.68. The monoisotopic (exact) mass is 392 g/mol. The second kappa shape index (κ2) is 7.62. The molecule has 1 fully saturated rings. The van der Waals surface area contributed by atoms with E-state index in [-0.39, 0.29) is 24.4 Å². The molecule has 2 atom stereocenters. The van der Waals surface area contributed by atoms with Gasteiger partial charge in [0.1, 0.15) is 5.54 Å². The van der Waals surface area contributed by atoms with Crippen molar-refractivity contribution in [3.8, 4) is 5.69 Å². The molecule has 0 saturated heterocycles. The molecule has 0 aliphatic heterocycles. The first-order chi connectivity index (χ1) is 12.2. The Balaban J connectivity index is 0.00000261. The van der Waals surface area contributed by atoms with Gasteiger partial charge in [-0.05, 0) is 45.0 Å². The minimum Gasteiger partial charge on any atom is -0.378 e. The lowest BCUT2D eigenvalue weighted by Gasteiger charge is -2.57. The fraction of sp³-hybridized carbons (Fsp3) is 0.500. The van der Waals surface area contributed by atoms with Gasteiger partial charge in [-0.2, -0.15) is 5.10 Å². The Morgan fingerprint density at radius 1 is 1.37 bits per heavy atom. The van der Waals surface area contributed by atoms with E-state index < -0.39 is 11.0 Å². The standard InChI is InChI=1S/C20H28N4O2.ClH/c1-6-26-17-12-20(21,19(17,4)5)18(25)22-15-8-7-9-16(11-15)24-14(3)10-13(2)23-24;/h7-11,17H,6,12,21H2,1-5H3,(H,22,25);1H. The minimum atomic E-state index is -0.943. The first-order valence-corrected chi connectivity index (χ1v) is 9.04. The number of amides is 1. The summed E-state index contributed by atoms with van der Waals surface area (Å²) in [6, 6.07) is 9.66. The second-order valence-electron chi connectivity index (χ2n) is 7.68. The fourth-order valence-corrected chi connectivity index (χ4v) is 3.67. The van der Waals surface area contributed by atoms with Crippen LogP contribution in [-0.4, -0.2) is 33.9 Å². The van der Waals surface area contributed by atoms with E-state index in [9.17, 15) is 4.79 Å². The van der Waals surface area contributed by atoms with Gasteiger partial charge in [-0.25, -0.2) is 4.68 Å². The van der Waals surface area contributed by atoms with Crippen LogP contribution >= 0.6 is 12.4 Å². The molecule has 1 aromatic carbocycles. The van der Waals surface area contributed by atoms with Gasteiger partial charge in [-0.15, -0.1) is 12.4 Å². The number of nitrogens with two attached hydrogens (primary N) is 1. The van der Waals surface area contributed by atoms with Crippen LogP contribution in [0.4, 0.5) is 5.69 Å². The van der Waals surface area contributed by atoms with Gasteiger partial charge in [0.05, 0.1) is 17.5 Å². The summed E-state index contributed by atoms with van der Waals surface area (Å²) in [7, 11) is 0. The summed E-state index contributed by atoms with van der Waals surface area (Å²) < 4.78 is 7.57. The lowest BCUT2D eigenvalue weighted by atomic mass is 9.54. The van der Waals surface area contributed by atoms with Crippen molar-refractivity contribution in [3.05, 3.63) is 41.7 Å².